The normalized spacial score (nSPS) is 21.9. The van der Waals surface area contributed by atoms with Gasteiger partial charge in [-0.2, -0.15) is 5.26 Å². The fourth-order valence-corrected chi connectivity index (χ4v) is 3.12. The van der Waals surface area contributed by atoms with Gasteiger partial charge in [0, 0.05) is 11.6 Å². The molecular formula is C17H14N2S. The SMILES string of the molecule is N#CC1=C(/C=C/c2ccccc2)C2CCCC2=NC1=S. The summed E-state index contributed by atoms with van der Waals surface area (Å²) in [6, 6.07) is 12.3. The second kappa shape index (κ2) is 5.52. The molecule has 0 amide bonds. The Morgan fingerprint density at radius 2 is 2.05 bits per heavy atom. The minimum Gasteiger partial charge on any atom is -0.244 e. The van der Waals surface area contributed by atoms with Gasteiger partial charge in [0.1, 0.15) is 11.1 Å². The van der Waals surface area contributed by atoms with E-state index >= 15 is 0 Å². The van der Waals surface area contributed by atoms with Crippen LogP contribution in [0.15, 0.2) is 52.5 Å². The summed E-state index contributed by atoms with van der Waals surface area (Å²) in [5, 5.41) is 9.35. The van der Waals surface area contributed by atoms with E-state index in [2.05, 4.69) is 17.1 Å². The lowest BCUT2D eigenvalue weighted by Gasteiger charge is -2.19. The van der Waals surface area contributed by atoms with E-state index in [1.807, 2.05) is 36.4 Å². The Balaban J connectivity index is 1.98. The van der Waals surface area contributed by atoms with Gasteiger partial charge in [0.2, 0.25) is 0 Å². The maximum Gasteiger partial charge on any atom is 0.144 e. The van der Waals surface area contributed by atoms with E-state index in [0.717, 1.165) is 36.1 Å². The number of hydrogen-bond donors (Lipinski definition) is 0. The van der Waals surface area contributed by atoms with Crippen LogP contribution in [0.4, 0.5) is 0 Å². The van der Waals surface area contributed by atoms with E-state index in [4.69, 9.17) is 12.2 Å². The van der Waals surface area contributed by atoms with Crippen molar-refractivity contribution in [2.75, 3.05) is 0 Å². The molecule has 1 heterocycles. The van der Waals surface area contributed by atoms with Gasteiger partial charge in [-0.25, -0.2) is 4.99 Å². The predicted octanol–water partition coefficient (Wildman–Crippen LogP) is 4.10. The summed E-state index contributed by atoms with van der Waals surface area (Å²) in [5.74, 6) is 0.288. The topological polar surface area (TPSA) is 36.1 Å². The van der Waals surface area contributed by atoms with Crippen LogP contribution in [-0.4, -0.2) is 10.7 Å². The molecule has 1 fully saturated rings. The van der Waals surface area contributed by atoms with Gasteiger partial charge in [0.05, 0.1) is 5.57 Å². The molecule has 1 saturated carbocycles. The first-order chi connectivity index (χ1) is 9.79. The molecule has 0 spiro atoms. The molecule has 20 heavy (non-hydrogen) atoms. The Hall–Kier alpha value is -2.05. The first-order valence-electron chi connectivity index (χ1n) is 6.79. The number of fused-ring (bicyclic) bond motifs is 1. The molecule has 3 rings (SSSR count). The fraction of sp³-hybridized carbons (Fsp3) is 0.235. The summed E-state index contributed by atoms with van der Waals surface area (Å²) in [7, 11) is 0. The molecule has 2 aliphatic rings. The molecule has 1 aromatic rings. The zero-order valence-electron chi connectivity index (χ0n) is 11.0. The summed E-state index contributed by atoms with van der Waals surface area (Å²) in [6.07, 6.45) is 7.31. The smallest absolute Gasteiger partial charge is 0.144 e. The average Bonchev–Trinajstić information content (AvgIpc) is 2.93. The second-order valence-electron chi connectivity index (χ2n) is 5.04. The Morgan fingerprint density at radius 1 is 1.25 bits per heavy atom. The zero-order valence-corrected chi connectivity index (χ0v) is 11.9. The minimum absolute atomic E-state index is 0.288. The third-order valence-electron chi connectivity index (χ3n) is 3.82. The molecule has 3 heteroatoms. The van der Waals surface area contributed by atoms with Crippen LogP contribution in [-0.2, 0) is 0 Å². The number of dihydropyridines is 1. The highest BCUT2D eigenvalue weighted by Crippen LogP contribution is 2.35. The van der Waals surface area contributed by atoms with Gasteiger partial charge in [-0.15, -0.1) is 0 Å². The monoisotopic (exact) mass is 278 g/mol. The summed E-state index contributed by atoms with van der Waals surface area (Å²) in [5.41, 5.74) is 3.90. The van der Waals surface area contributed by atoms with E-state index in [0.29, 0.717) is 10.6 Å². The number of thiocarbonyl (C=S) groups is 1. The molecule has 98 valence electrons. The number of allylic oxidation sites excluding steroid dienone is 2. The number of rotatable bonds is 2. The van der Waals surface area contributed by atoms with Gasteiger partial charge in [0.15, 0.2) is 0 Å². The van der Waals surface area contributed by atoms with Crippen LogP contribution in [0.25, 0.3) is 6.08 Å². The van der Waals surface area contributed by atoms with Crippen molar-refractivity contribution in [2.45, 2.75) is 19.3 Å². The van der Waals surface area contributed by atoms with Crippen LogP contribution in [0.1, 0.15) is 24.8 Å². The number of hydrogen-bond acceptors (Lipinski definition) is 2. The van der Waals surface area contributed by atoms with Crippen LogP contribution in [0.5, 0.6) is 0 Å². The number of nitrogens with zero attached hydrogens (tertiary/aromatic N) is 2. The van der Waals surface area contributed by atoms with Crippen molar-refractivity contribution in [3.8, 4) is 6.07 Å². The first kappa shape index (κ1) is 13.0. The minimum atomic E-state index is 0.288. The number of nitriles is 1. The average molecular weight is 278 g/mol. The van der Waals surface area contributed by atoms with Crippen molar-refractivity contribution in [1.82, 2.24) is 0 Å². The summed E-state index contributed by atoms with van der Waals surface area (Å²) in [6.45, 7) is 0. The lowest BCUT2D eigenvalue weighted by molar-refractivity contribution is 0.760. The van der Waals surface area contributed by atoms with E-state index in [1.165, 1.54) is 0 Å². The predicted molar refractivity (Wildman–Crippen MR) is 85.5 cm³/mol. The molecule has 1 aliphatic heterocycles. The summed E-state index contributed by atoms with van der Waals surface area (Å²) < 4.78 is 0. The van der Waals surface area contributed by atoms with Crippen LogP contribution in [0.3, 0.4) is 0 Å². The Morgan fingerprint density at radius 3 is 2.80 bits per heavy atom. The van der Waals surface area contributed by atoms with Gasteiger partial charge in [-0.1, -0.05) is 54.7 Å². The van der Waals surface area contributed by atoms with E-state index in [9.17, 15) is 5.26 Å². The Kier molecular flexibility index (Phi) is 3.58. The molecule has 0 N–H and O–H groups in total. The van der Waals surface area contributed by atoms with Crippen LogP contribution < -0.4 is 0 Å². The quantitative estimate of drug-likeness (QED) is 0.763. The van der Waals surface area contributed by atoms with Crippen molar-refractivity contribution < 1.29 is 0 Å². The Bertz CT molecular complexity index is 675. The highest BCUT2D eigenvalue weighted by atomic mass is 32.1. The first-order valence-corrected chi connectivity index (χ1v) is 7.19. The third-order valence-corrected chi connectivity index (χ3v) is 4.11. The molecule has 0 bridgehead atoms. The second-order valence-corrected chi connectivity index (χ2v) is 5.43. The molecule has 1 unspecified atom stereocenters. The molecular weight excluding hydrogens is 264 g/mol. The van der Waals surface area contributed by atoms with Gasteiger partial charge < -0.3 is 0 Å². The van der Waals surface area contributed by atoms with Crippen molar-refractivity contribution in [2.24, 2.45) is 10.9 Å². The van der Waals surface area contributed by atoms with Gasteiger partial charge in [-0.3, -0.25) is 0 Å². The Labute approximate surface area is 124 Å². The summed E-state index contributed by atoms with van der Waals surface area (Å²) in [4.78, 5) is 4.89. The van der Waals surface area contributed by atoms with Gasteiger partial charge >= 0.3 is 0 Å². The molecule has 1 aliphatic carbocycles. The number of aliphatic imine (C=N–C) groups is 1. The molecule has 1 atom stereocenters. The van der Waals surface area contributed by atoms with Crippen molar-refractivity contribution in [3.63, 3.8) is 0 Å². The van der Waals surface area contributed by atoms with E-state index in [-0.39, 0.29) is 5.92 Å². The lowest BCUT2D eigenvalue weighted by atomic mass is 9.88. The molecule has 0 saturated heterocycles. The van der Waals surface area contributed by atoms with Gasteiger partial charge in [-0.05, 0) is 30.4 Å². The van der Waals surface area contributed by atoms with Crippen molar-refractivity contribution in [3.05, 3.63) is 53.1 Å². The largest absolute Gasteiger partial charge is 0.244 e. The maximum absolute atomic E-state index is 9.35. The van der Waals surface area contributed by atoms with Gasteiger partial charge in [0.25, 0.3) is 0 Å². The highest BCUT2D eigenvalue weighted by molar-refractivity contribution is 7.80. The summed E-state index contributed by atoms with van der Waals surface area (Å²) >= 11 is 5.26. The van der Waals surface area contributed by atoms with Crippen molar-refractivity contribution in [1.29, 1.82) is 5.26 Å². The highest BCUT2D eigenvalue weighted by Gasteiger charge is 2.31. The van der Waals surface area contributed by atoms with Crippen LogP contribution >= 0.6 is 12.2 Å². The molecule has 2 nitrogen and oxygen atoms in total. The molecule has 1 aromatic carbocycles. The lowest BCUT2D eigenvalue weighted by Crippen LogP contribution is -2.19. The molecule has 0 radical (unpaired) electrons. The fourth-order valence-electron chi connectivity index (χ4n) is 2.84. The van der Waals surface area contributed by atoms with Crippen LogP contribution in [0.2, 0.25) is 0 Å². The van der Waals surface area contributed by atoms with E-state index < -0.39 is 0 Å². The maximum atomic E-state index is 9.35. The third kappa shape index (κ3) is 2.35. The molecule has 0 aromatic heterocycles. The zero-order chi connectivity index (χ0) is 13.9. The number of benzene rings is 1. The standard InChI is InChI=1S/C17H14N2S/c18-11-15-13(10-9-12-5-2-1-3-6-12)14-7-4-8-16(14)19-17(15)20/h1-3,5-6,9-10,14H,4,7-8H2/b10-9+. The van der Waals surface area contributed by atoms with Crippen molar-refractivity contribution >= 4 is 29.0 Å². The van der Waals surface area contributed by atoms with E-state index in [1.54, 1.807) is 0 Å². The van der Waals surface area contributed by atoms with Crippen LogP contribution in [0, 0.1) is 17.2 Å².